The van der Waals surface area contributed by atoms with E-state index in [4.69, 9.17) is 20.0 Å². The maximum absolute atomic E-state index is 10.1. The average molecular weight is 188 g/mol. The first kappa shape index (κ1) is 13.6. The zero-order valence-corrected chi connectivity index (χ0v) is 6.93. The summed E-state index contributed by atoms with van der Waals surface area (Å²) in [5.41, 5.74) is 0. The SMILES string of the molecule is COP(=O)(O)OC.OB(O)O. The van der Waals surface area contributed by atoms with Crippen molar-refractivity contribution in [1.29, 1.82) is 0 Å². The monoisotopic (exact) mass is 188 g/mol. The Balaban J connectivity index is 0. The first-order valence-electron chi connectivity index (χ1n) is 2.34. The van der Waals surface area contributed by atoms with Crippen molar-refractivity contribution in [3.8, 4) is 0 Å². The highest BCUT2D eigenvalue weighted by molar-refractivity contribution is 7.47. The predicted molar refractivity (Wildman–Crippen MR) is 36.3 cm³/mol. The van der Waals surface area contributed by atoms with Crippen molar-refractivity contribution in [1.82, 2.24) is 0 Å². The van der Waals surface area contributed by atoms with E-state index in [1.54, 1.807) is 0 Å². The molecule has 0 atom stereocenters. The Hall–Kier alpha value is 0.0549. The molecule has 9 heteroatoms. The van der Waals surface area contributed by atoms with Crippen LogP contribution < -0.4 is 0 Å². The zero-order chi connectivity index (χ0) is 9.49. The Labute approximate surface area is 64.0 Å². The van der Waals surface area contributed by atoms with Gasteiger partial charge in [0.2, 0.25) is 0 Å². The molecule has 0 aliphatic rings. The van der Waals surface area contributed by atoms with Crippen LogP contribution in [-0.2, 0) is 13.6 Å². The highest BCUT2D eigenvalue weighted by atomic mass is 31.2. The van der Waals surface area contributed by atoms with Crippen molar-refractivity contribution in [2.24, 2.45) is 0 Å². The van der Waals surface area contributed by atoms with Crippen molar-refractivity contribution in [2.45, 2.75) is 0 Å². The second kappa shape index (κ2) is 6.75. The van der Waals surface area contributed by atoms with Crippen molar-refractivity contribution < 1.29 is 33.6 Å². The van der Waals surface area contributed by atoms with Crippen molar-refractivity contribution in [3.63, 3.8) is 0 Å². The van der Waals surface area contributed by atoms with Crippen LogP contribution in [0.2, 0.25) is 0 Å². The summed E-state index contributed by atoms with van der Waals surface area (Å²) in [5, 5.41) is 21.5. The Morgan fingerprint density at radius 3 is 1.36 bits per heavy atom. The molecule has 0 aromatic carbocycles. The molecule has 11 heavy (non-hydrogen) atoms. The summed E-state index contributed by atoms with van der Waals surface area (Å²) in [6.07, 6.45) is 0. The largest absolute Gasteiger partial charge is 0.631 e. The number of hydrogen-bond acceptors (Lipinski definition) is 6. The second-order valence-electron chi connectivity index (χ2n) is 1.18. The van der Waals surface area contributed by atoms with E-state index in [1.807, 2.05) is 0 Å². The van der Waals surface area contributed by atoms with Gasteiger partial charge in [0.1, 0.15) is 0 Å². The van der Waals surface area contributed by atoms with Crippen LogP contribution in [0, 0.1) is 0 Å². The smallest absolute Gasteiger partial charge is 0.402 e. The van der Waals surface area contributed by atoms with Crippen molar-refractivity contribution in [3.05, 3.63) is 0 Å². The molecule has 4 N–H and O–H groups in total. The third-order valence-electron chi connectivity index (χ3n) is 0.461. The molecular formula is C2H10BO7P. The summed E-state index contributed by atoms with van der Waals surface area (Å²) < 4.78 is 18.0. The van der Waals surface area contributed by atoms with Crippen LogP contribution in [-0.4, -0.2) is 41.5 Å². The van der Waals surface area contributed by atoms with Gasteiger partial charge in [0, 0.05) is 14.2 Å². The zero-order valence-electron chi connectivity index (χ0n) is 6.04. The fourth-order valence-corrected chi connectivity index (χ4v) is 0.224. The van der Waals surface area contributed by atoms with E-state index in [0.717, 1.165) is 14.2 Å². The van der Waals surface area contributed by atoms with Crippen LogP contribution in [0.5, 0.6) is 0 Å². The molecule has 0 unspecified atom stereocenters. The summed E-state index contributed by atoms with van der Waals surface area (Å²) >= 11 is 0. The molecule has 0 bridgehead atoms. The van der Waals surface area contributed by atoms with Crippen LogP contribution in [0.1, 0.15) is 0 Å². The van der Waals surface area contributed by atoms with Crippen LogP contribution in [0.3, 0.4) is 0 Å². The molecule has 0 aromatic rings. The van der Waals surface area contributed by atoms with Crippen LogP contribution in [0.4, 0.5) is 0 Å². The lowest BCUT2D eigenvalue weighted by Gasteiger charge is -2.01. The number of phosphoric ester groups is 1. The Morgan fingerprint density at radius 2 is 1.36 bits per heavy atom. The van der Waals surface area contributed by atoms with E-state index in [0.29, 0.717) is 0 Å². The minimum Gasteiger partial charge on any atom is -0.402 e. The van der Waals surface area contributed by atoms with Gasteiger partial charge in [-0.3, -0.25) is 9.05 Å². The average Bonchev–Trinajstić information content (AvgIpc) is 1.87. The van der Waals surface area contributed by atoms with Crippen LogP contribution >= 0.6 is 7.82 Å². The van der Waals surface area contributed by atoms with Crippen LogP contribution in [0.15, 0.2) is 0 Å². The molecule has 0 rings (SSSR count). The molecular weight excluding hydrogens is 178 g/mol. The maximum atomic E-state index is 10.1. The minimum atomic E-state index is -3.65. The molecule has 0 aliphatic carbocycles. The van der Waals surface area contributed by atoms with Gasteiger partial charge in [-0.15, -0.1) is 0 Å². The summed E-state index contributed by atoms with van der Waals surface area (Å²) in [6.45, 7) is 0. The Bertz CT molecular complexity index is 115. The van der Waals surface area contributed by atoms with Gasteiger partial charge in [0.25, 0.3) is 0 Å². The molecule has 0 aliphatic heterocycles. The van der Waals surface area contributed by atoms with Gasteiger partial charge in [-0.05, 0) is 0 Å². The summed E-state index contributed by atoms with van der Waals surface area (Å²) in [7, 11) is -3.62. The number of rotatable bonds is 2. The van der Waals surface area contributed by atoms with Gasteiger partial charge in [0.05, 0.1) is 0 Å². The van der Waals surface area contributed by atoms with Crippen molar-refractivity contribution >= 4 is 15.1 Å². The Kier molecular flexibility index (Phi) is 8.36. The molecule has 7 nitrogen and oxygen atoms in total. The van der Waals surface area contributed by atoms with Crippen molar-refractivity contribution in [2.75, 3.05) is 14.2 Å². The van der Waals surface area contributed by atoms with Crippen LogP contribution in [0.25, 0.3) is 0 Å². The molecule has 0 saturated heterocycles. The molecule has 0 spiro atoms. The normalized spacial score (nSPS) is 10.0. The first-order valence-corrected chi connectivity index (χ1v) is 3.83. The lowest BCUT2D eigenvalue weighted by atomic mass is 10.3. The maximum Gasteiger partial charge on any atom is 0.631 e. The lowest BCUT2D eigenvalue weighted by molar-refractivity contribution is 0.204. The third-order valence-corrected chi connectivity index (χ3v) is 1.38. The topological polar surface area (TPSA) is 116 Å². The first-order chi connectivity index (χ1) is 4.85. The molecule has 0 aromatic heterocycles. The predicted octanol–water partition coefficient (Wildman–Crippen LogP) is -1.67. The molecule has 0 radical (unpaired) electrons. The molecule has 0 saturated carbocycles. The molecule has 68 valence electrons. The minimum absolute atomic E-state index is 1.10. The number of phosphoric acid groups is 1. The Morgan fingerprint density at radius 1 is 1.18 bits per heavy atom. The van der Waals surface area contributed by atoms with E-state index >= 15 is 0 Å². The quantitative estimate of drug-likeness (QED) is 0.302. The summed E-state index contributed by atoms with van der Waals surface area (Å²) in [4.78, 5) is 8.24. The summed E-state index contributed by atoms with van der Waals surface area (Å²) in [5.74, 6) is 0. The van der Waals surface area contributed by atoms with E-state index in [2.05, 4.69) is 9.05 Å². The molecule has 0 heterocycles. The van der Waals surface area contributed by atoms with Gasteiger partial charge in [-0.2, -0.15) is 0 Å². The standard InChI is InChI=1S/C2H7O4P.BH3O3/c1-5-7(3,4)6-2;2-1(3)4/h1-2H3,(H,3,4);2-4H. The number of hydrogen-bond donors (Lipinski definition) is 4. The van der Waals surface area contributed by atoms with E-state index in [1.165, 1.54) is 0 Å². The molecule has 0 fully saturated rings. The fourth-order valence-electron chi connectivity index (χ4n) is 0.0745. The second-order valence-corrected chi connectivity index (χ2v) is 2.85. The summed E-state index contributed by atoms with van der Waals surface area (Å²) in [6, 6.07) is 0. The van der Waals surface area contributed by atoms with Gasteiger partial charge in [-0.1, -0.05) is 0 Å². The van der Waals surface area contributed by atoms with Gasteiger partial charge in [-0.25, -0.2) is 4.57 Å². The van der Waals surface area contributed by atoms with E-state index < -0.39 is 15.1 Å². The third kappa shape index (κ3) is 17.8. The van der Waals surface area contributed by atoms with Gasteiger partial charge >= 0.3 is 15.1 Å². The van der Waals surface area contributed by atoms with E-state index in [9.17, 15) is 4.57 Å². The highest BCUT2D eigenvalue weighted by Crippen LogP contribution is 2.40. The van der Waals surface area contributed by atoms with Gasteiger partial charge in [0.15, 0.2) is 0 Å². The highest BCUT2D eigenvalue weighted by Gasteiger charge is 2.13. The fraction of sp³-hybridized carbons (Fsp3) is 1.00. The lowest BCUT2D eigenvalue weighted by Crippen LogP contribution is -2.07. The van der Waals surface area contributed by atoms with Gasteiger partial charge < -0.3 is 20.0 Å². The van der Waals surface area contributed by atoms with E-state index in [-0.39, 0.29) is 0 Å². The molecule has 0 amide bonds.